The van der Waals surface area contributed by atoms with Crippen molar-refractivity contribution in [2.75, 3.05) is 0 Å². The summed E-state index contributed by atoms with van der Waals surface area (Å²) in [4.78, 5) is 20.8. The molecule has 3 heteroatoms. The fraction of sp³-hybridized carbons (Fsp3) is 0.111. The SMILES string of the molecule is CC(=O)c1ccc([C-]=O)cc1.[Y]. The van der Waals surface area contributed by atoms with Crippen molar-refractivity contribution in [3.05, 3.63) is 35.4 Å². The molecule has 1 rings (SSSR count). The number of hydrogen-bond donors (Lipinski definition) is 0. The molecule has 1 radical (unpaired) electrons. The van der Waals surface area contributed by atoms with Crippen LogP contribution in [0.15, 0.2) is 24.3 Å². The van der Waals surface area contributed by atoms with Crippen LogP contribution < -0.4 is 0 Å². The van der Waals surface area contributed by atoms with Gasteiger partial charge in [-0.1, -0.05) is 0 Å². The maximum absolute atomic E-state index is 10.7. The minimum absolute atomic E-state index is 0. The zero-order valence-electron chi connectivity index (χ0n) is 6.70. The summed E-state index contributed by atoms with van der Waals surface area (Å²) >= 11 is 0. The molecule has 0 fully saturated rings. The van der Waals surface area contributed by atoms with E-state index in [9.17, 15) is 9.59 Å². The van der Waals surface area contributed by atoms with E-state index in [0.29, 0.717) is 11.1 Å². The van der Waals surface area contributed by atoms with Gasteiger partial charge in [0.25, 0.3) is 0 Å². The van der Waals surface area contributed by atoms with Gasteiger partial charge in [-0.05, 0) is 12.5 Å². The number of Topliss-reactive ketones (excluding diaryl/α,β-unsaturated/α-hetero) is 1. The fourth-order valence-electron chi connectivity index (χ4n) is 0.773. The molecule has 0 aliphatic rings. The van der Waals surface area contributed by atoms with Crippen LogP contribution in [0.5, 0.6) is 0 Å². The predicted molar refractivity (Wildman–Crippen MR) is 41.2 cm³/mol. The monoisotopic (exact) mass is 236 g/mol. The number of benzene rings is 1. The molecule has 0 aromatic heterocycles. The molecular formula is C9H7O2Y-. The number of carbonyl (C=O) groups excluding carboxylic acids is 2. The summed E-state index contributed by atoms with van der Waals surface area (Å²) in [6, 6.07) is 6.37. The zero-order valence-corrected chi connectivity index (χ0v) is 9.54. The van der Waals surface area contributed by atoms with E-state index in [2.05, 4.69) is 0 Å². The maximum atomic E-state index is 10.7. The van der Waals surface area contributed by atoms with Crippen LogP contribution in [0.4, 0.5) is 0 Å². The van der Waals surface area contributed by atoms with Crippen molar-refractivity contribution in [3.8, 4) is 0 Å². The van der Waals surface area contributed by atoms with E-state index >= 15 is 0 Å². The van der Waals surface area contributed by atoms with Gasteiger partial charge >= 0.3 is 0 Å². The number of hydrogen-bond acceptors (Lipinski definition) is 2. The minimum Gasteiger partial charge on any atom is -0.376 e. The van der Waals surface area contributed by atoms with Crippen molar-refractivity contribution in [3.63, 3.8) is 0 Å². The van der Waals surface area contributed by atoms with Crippen molar-refractivity contribution in [1.82, 2.24) is 0 Å². The molecule has 0 saturated heterocycles. The molecule has 12 heavy (non-hydrogen) atoms. The van der Waals surface area contributed by atoms with E-state index in [1.807, 2.05) is 0 Å². The van der Waals surface area contributed by atoms with Crippen molar-refractivity contribution in [2.45, 2.75) is 6.92 Å². The summed E-state index contributed by atoms with van der Waals surface area (Å²) in [7, 11) is 0. The molecule has 1 aromatic carbocycles. The van der Waals surface area contributed by atoms with Crippen molar-refractivity contribution < 1.29 is 42.3 Å². The van der Waals surface area contributed by atoms with Crippen LogP contribution in [0.2, 0.25) is 0 Å². The van der Waals surface area contributed by atoms with Gasteiger partial charge in [0, 0.05) is 32.7 Å². The molecule has 0 amide bonds. The quantitative estimate of drug-likeness (QED) is 0.573. The van der Waals surface area contributed by atoms with Gasteiger partial charge in [0.1, 0.15) is 0 Å². The average Bonchev–Trinajstić information content (AvgIpc) is 2.05. The van der Waals surface area contributed by atoms with Gasteiger partial charge in [0.15, 0.2) is 5.78 Å². The van der Waals surface area contributed by atoms with Gasteiger partial charge in [0.05, 0.1) is 6.29 Å². The molecule has 0 N–H and O–H groups in total. The van der Waals surface area contributed by atoms with Gasteiger partial charge in [-0.15, -0.1) is 12.1 Å². The van der Waals surface area contributed by atoms with Gasteiger partial charge in [-0.2, -0.15) is 17.7 Å². The third-order valence-electron chi connectivity index (χ3n) is 1.41. The van der Waals surface area contributed by atoms with E-state index in [1.165, 1.54) is 6.92 Å². The van der Waals surface area contributed by atoms with E-state index in [-0.39, 0.29) is 38.5 Å². The van der Waals surface area contributed by atoms with Gasteiger partial charge in [-0.25, -0.2) is 0 Å². The van der Waals surface area contributed by atoms with Crippen molar-refractivity contribution >= 4 is 12.1 Å². The van der Waals surface area contributed by atoms with Crippen LogP contribution in [0.1, 0.15) is 22.8 Å². The first-order valence-corrected chi connectivity index (χ1v) is 3.23. The smallest absolute Gasteiger partial charge is 0.157 e. The first-order chi connectivity index (χ1) is 5.24. The molecule has 0 saturated carbocycles. The summed E-state index contributed by atoms with van der Waals surface area (Å²) in [5.74, 6) is 0.00227. The van der Waals surface area contributed by atoms with E-state index in [4.69, 9.17) is 0 Å². The molecule has 0 unspecified atom stereocenters. The van der Waals surface area contributed by atoms with Gasteiger partial charge in [-0.3, -0.25) is 4.79 Å². The van der Waals surface area contributed by atoms with Crippen LogP contribution in [0.3, 0.4) is 0 Å². The molecule has 0 heterocycles. The Kier molecular flexibility index (Phi) is 5.18. The third-order valence-corrected chi connectivity index (χ3v) is 1.41. The first-order valence-electron chi connectivity index (χ1n) is 3.23. The first kappa shape index (κ1) is 11.7. The topological polar surface area (TPSA) is 34.1 Å². The molecule has 0 aliphatic carbocycles. The van der Waals surface area contributed by atoms with Crippen molar-refractivity contribution in [2.24, 2.45) is 0 Å². The Morgan fingerprint density at radius 2 is 1.75 bits per heavy atom. The van der Waals surface area contributed by atoms with Crippen LogP contribution >= 0.6 is 0 Å². The molecule has 0 aliphatic heterocycles. The van der Waals surface area contributed by atoms with Crippen LogP contribution in [-0.4, -0.2) is 12.1 Å². The zero-order chi connectivity index (χ0) is 8.27. The summed E-state index contributed by atoms with van der Waals surface area (Å²) in [5, 5.41) is 0. The largest absolute Gasteiger partial charge is 0.376 e. The summed E-state index contributed by atoms with van der Waals surface area (Å²) in [6.45, 7) is 1.49. The molecule has 1 aromatic rings. The molecule has 59 valence electrons. The number of carbonyl (C=O) groups is 1. The number of rotatable bonds is 2. The average molecular weight is 236 g/mol. The normalized spacial score (nSPS) is 8.42. The van der Waals surface area contributed by atoms with Gasteiger partial charge in [0.2, 0.25) is 0 Å². The predicted octanol–water partition coefficient (Wildman–Crippen LogP) is 1.34. The third kappa shape index (κ3) is 2.96. The Bertz CT molecular complexity index is 277. The molecule has 0 bridgehead atoms. The second-order valence-corrected chi connectivity index (χ2v) is 2.24. The second kappa shape index (κ2) is 5.33. The number of ketones is 1. The van der Waals surface area contributed by atoms with E-state index in [1.54, 1.807) is 30.6 Å². The molecule has 0 spiro atoms. The Hall–Kier alpha value is -0.336. The maximum Gasteiger partial charge on any atom is 0.157 e. The van der Waals surface area contributed by atoms with Crippen LogP contribution in [0, 0.1) is 0 Å². The Morgan fingerprint density at radius 1 is 1.25 bits per heavy atom. The molecule has 0 atom stereocenters. The molecule has 2 nitrogen and oxygen atoms in total. The summed E-state index contributed by atoms with van der Waals surface area (Å²) in [6.07, 6.45) is 1.73. The Balaban J connectivity index is 0.00000121. The van der Waals surface area contributed by atoms with E-state index < -0.39 is 0 Å². The second-order valence-electron chi connectivity index (χ2n) is 2.24. The molecular weight excluding hydrogens is 229 g/mol. The Morgan fingerprint density at radius 3 is 2.08 bits per heavy atom. The van der Waals surface area contributed by atoms with E-state index in [0.717, 1.165) is 0 Å². The van der Waals surface area contributed by atoms with Crippen LogP contribution in [-0.2, 0) is 37.5 Å². The standard InChI is InChI=1S/C9H7O2.Y/c1-7(11)9-4-2-8(6-10)3-5-9;/h2-5H,1H3;/q-1;. The Labute approximate surface area is 96.2 Å². The fourth-order valence-corrected chi connectivity index (χ4v) is 0.773. The van der Waals surface area contributed by atoms with Crippen molar-refractivity contribution in [1.29, 1.82) is 0 Å². The van der Waals surface area contributed by atoms with Gasteiger partial charge < -0.3 is 4.79 Å². The van der Waals surface area contributed by atoms with Crippen LogP contribution in [0.25, 0.3) is 0 Å². The minimum atomic E-state index is 0. The summed E-state index contributed by atoms with van der Waals surface area (Å²) < 4.78 is 0. The summed E-state index contributed by atoms with van der Waals surface area (Å²) in [5.41, 5.74) is 1.08.